The maximum absolute atomic E-state index is 13.4. The quantitative estimate of drug-likeness (QED) is 0.739. The molecule has 0 saturated heterocycles. The summed E-state index contributed by atoms with van der Waals surface area (Å²) in [6, 6.07) is 10.1. The molecule has 24 heavy (non-hydrogen) atoms. The summed E-state index contributed by atoms with van der Waals surface area (Å²) in [6.07, 6.45) is 1.25. The van der Waals surface area contributed by atoms with Crippen LogP contribution < -0.4 is 5.11 Å². The van der Waals surface area contributed by atoms with E-state index < -0.39 is 18.2 Å². The van der Waals surface area contributed by atoms with Gasteiger partial charge in [0.05, 0.1) is 5.69 Å². The molecule has 0 saturated carbocycles. The van der Waals surface area contributed by atoms with E-state index in [4.69, 9.17) is 0 Å². The van der Waals surface area contributed by atoms with E-state index in [0.717, 1.165) is 0 Å². The number of carboxylic acids is 1. The molecule has 0 aliphatic rings. The molecule has 0 fully saturated rings. The van der Waals surface area contributed by atoms with E-state index in [1.54, 1.807) is 29.8 Å². The SMILES string of the molecule is Cc1cc(-c2cn(-c3ccc(F)cc3)c(CC(=O)[O-])n2)ccc1F. The lowest BCUT2D eigenvalue weighted by Crippen LogP contribution is -2.25. The number of carbonyl (C=O) groups excluding carboxylic acids is 1. The van der Waals surface area contributed by atoms with Gasteiger partial charge in [0.2, 0.25) is 0 Å². The smallest absolute Gasteiger partial charge is 0.126 e. The maximum Gasteiger partial charge on any atom is 0.126 e. The van der Waals surface area contributed by atoms with Crippen LogP contribution in [0.5, 0.6) is 0 Å². The van der Waals surface area contributed by atoms with Crippen LogP contribution in [0.15, 0.2) is 48.7 Å². The van der Waals surface area contributed by atoms with Crippen molar-refractivity contribution in [2.45, 2.75) is 13.3 Å². The Kier molecular flexibility index (Phi) is 4.12. The molecule has 1 heterocycles. The average molecular weight is 327 g/mol. The molecule has 2 aromatic carbocycles. The number of rotatable bonds is 4. The molecule has 0 aliphatic carbocycles. The van der Waals surface area contributed by atoms with Crippen LogP contribution >= 0.6 is 0 Å². The summed E-state index contributed by atoms with van der Waals surface area (Å²) in [7, 11) is 0. The number of hydrogen-bond acceptors (Lipinski definition) is 3. The summed E-state index contributed by atoms with van der Waals surface area (Å²) in [5.41, 5.74) is 2.20. The number of benzene rings is 2. The van der Waals surface area contributed by atoms with Crippen LogP contribution in [0.4, 0.5) is 8.78 Å². The third-order valence-corrected chi connectivity index (χ3v) is 3.64. The second-order valence-electron chi connectivity index (χ2n) is 5.40. The highest BCUT2D eigenvalue weighted by atomic mass is 19.1. The summed E-state index contributed by atoms with van der Waals surface area (Å²) in [4.78, 5) is 15.3. The molecule has 0 aliphatic heterocycles. The van der Waals surface area contributed by atoms with Crippen LogP contribution in [0.2, 0.25) is 0 Å². The van der Waals surface area contributed by atoms with Crippen molar-refractivity contribution in [2.75, 3.05) is 0 Å². The van der Waals surface area contributed by atoms with Crippen LogP contribution in [0.25, 0.3) is 16.9 Å². The highest BCUT2D eigenvalue weighted by molar-refractivity contribution is 5.68. The molecule has 3 aromatic rings. The zero-order chi connectivity index (χ0) is 17.3. The topological polar surface area (TPSA) is 58.0 Å². The number of carboxylic acid groups (broad SMARTS) is 1. The van der Waals surface area contributed by atoms with E-state index in [0.29, 0.717) is 22.5 Å². The van der Waals surface area contributed by atoms with Gasteiger partial charge in [-0.25, -0.2) is 13.8 Å². The molecule has 0 radical (unpaired) electrons. The van der Waals surface area contributed by atoms with Gasteiger partial charge in [0.1, 0.15) is 17.5 Å². The number of imidazole rings is 1. The van der Waals surface area contributed by atoms with Gasteiger partial charge in [0.15, 0.2) is 0 Å². The lowest BCUT2D eigenvalue weighted by Gasteiger charge is -2.07. The average Bonchev–Trinajstić information content (AvgIpc) is 2.94. The summed E-state index contributed by atoms with van der Waals surface area (Å²) in [5, 5.41) is 11.0. The Morgan fingerprint density at radius 1 is 1.17 bits per heavy atom. The minimum Gasteiger partial charge on any atom is -0.550 e. The molecular formula is C18H13F2N2O2-. The van der Waals surface area contributed by atoms with Gasteiger partial charge in [-0.2, -0.15) is 0 Å². The number of halogens is 2. The maximum atomic E-state index is 13.4. The Morgan fingerprint density at radius 2 is 1.88 bits per heavy atom. The molecule has 0 unspecified atom stereocenters. The van der Waals surface area contributed by atoms with Gasteiger partial charge >= 0.3 is 0 Å². The lowest BCUT2D eigenvalue weighted by molar-refractivity contribution is -0.304. The van der Waals surface area contributed by atoms with Gasteiger partial charge in [-0.3, -0.25) is 0 Å². The first-order chi connectivity index (χ1) is 11.4. The summed E-state index contributed by atoms with van der Waals surface area (Å²) < 4.78 is 28.1. The molecule has 122 valence electrons. The highest BCUT2D eigenvalue weighted by Crippen LogP contribution is 2.24. The summed E-state index contributed by atoms with van der Waals surface area (Å²) in [6.45, 7) is 1.64. The lowest BCUT2D eigenvalue weighted by atomic mass is 10.1. The minimum absolute atomic E-state index is 0.249. The summed E-state index contributed by atoms with van der Waals surface area (Å²) >= 11 is 0. The molecule has 0 amide bonds. The van der Waals surface area contributed by atoms with E-state index in [9.17, 15) is 18.7 Å². The second-order valence-corrected chi connectivity index (χ2v) is 5.40. The monoisotopic (exact) mass is 327 g/mol. The predicted molar refractivity (Wildman–Crippen MR) is 82.4 cm³/mol. The Labute approximate surface area is 137 Å². The third kappa shape index (κ3) is 3.17. The number of nitrogens with zero attached hydrogens (tertiary/aromatic N) is 2. The first-order valence-corrected chi connectivity index (χ1v) is 7.24. The standard InChI is InChI=1S/C18H14F2N2O2/c1-11-8-12(2-7-15(11)20)16-10-22(17(21-16)9-18(23)24)14-5-3-13(19)4-6-14/h2-8,10H,9H2,1H3,(H,23,24)/p-1. The van der Waals surface area contributed by atoms with E-state index in [1.807, 2.05) is 0 Å². The Morgan fingerprint density at radius 3 is 2.50 bits per heavy atom. The van der Waals surface area contributed by atoms with Crippen molar-refractivity contribution in [1.29, 1.82) is 0 Å². The van der Waals surface area contributed by atoms with Gasteiger partial charge in [0, 0.05) is 29.8 Å². The number of aliphatic carboxylic acids is 1. The number of carbonyl (C=O) groups is 1. The van der Waals surface area contributed by atoms with Crippen molar-refractivity contribution in [3.63, 3.8) is 0 Å². The molecule has 3 rings (SSSR count). The first kappa shape index (κ1) is 15.9. The highest BCUT2D eigenvalue weighted by Gasteiger charge is 2.12. The van der Waals surface area contributed by atoms with Crippen molar-refractivity contribution >= 4 is 5.97 Å². The Hall–Kier alpha value is -3.02. The van der Waals surface area contributed by atoms with Gasteiger partial charge in [-0.15, -0.1) is 0 Å². The third-order valence-electron chi connectivity index (χ3n) is 3.64. The zero-order valence-corrected chi connectivity index (χ0v) is 12.8. The Balaban J connectivity index is 2.10. The van der Waals surface area contributed by atoms with Crippen molar-refractivity contribution in [1.82, 2.24) is 9.55 Å². The molecule has 0 atom stereocenters. The molecule has 0 N–H and O–H groups in total. The van der Waals surface area contributed by atoms with E-state index in [2.05, 4.69) is 4.98 Å². The largest absolute Gasteiger partial charge is 0.550 e. The van der Waals surface area contributed by atoms with Crippen LogP contribution in [0, 0.1) is 18.6 Å². The minimum atomic E-state index is -1.27. The predicted octanol–water partition coefficient (Wildman–Crippen LogP) is 2.42. The second kappa shape index (κ2) is 6.23. The van der Waals surface area contributed by atoms with Crippen LogP contribution in [-0.2, 0) is 11.2 Å². The summed E-state index contributed by atoms with van der Waals surface area (Å²) in [5.74, 6) is -1.74. The molecular weight excluding hydrogens is 314 g/mol. The fourth-order valence-corrected chi connectivity index (χ4v) is 2.44. The number of hydrogen-bond donors (Lipinski definition) is 0. The zero-order valence-electron chi connectivity index (χ0n) is 12.8. The van der Waals surface area contributed by atoms with Crippen LogP contribution in [-0.4, -0.2) is 15.5 Å². The molecule has 0 bridgehead atoms. The normalized spacial score (nSPS) is 10.8. The fourth-order valence-electron chi connectivity index (χ4n) is 2.44. The molecule has 4 nitrogen and oxygen atoms in total. The van der Waals surface area contributed by atoms with Crippen molar-refractivity contribution < 1.29 is 18.7 Å². The van der Waals surface area contributed by atoms with Gasteiger partial charge in [0.25, 0.3) is 0 Å². The van der Waals surface area contributed by atoms with E-state index in [-0.39, 0.29) is 11.6 Å². The van der Waals surface area contributed by atoms with Crippen molar-refractivity contribution in [3.05, 3.63) is 71.7 Å². The first-order valence-electron chi connectivity index (χ1n) is 7.24. The molecule has 1 aromatic heterocycles. The number of aromatic nitrogens is 2. The molecule has 0 spiro atoms. The van der Waals surface area contributed by atoms with Gasteiger partial charge < -0.3 is 14.5 Å². The van der Waals surface area contributed by atoms with Gasteiger partial charge in [-0.05, 0) is 55.0 Å². The van der Waals surface area contributed by atoms with Crippen molar-refractivity contribution in [2.24, 2.45) is 0 Å². The van der Waals surface area contributed by atoms with Crippen molar-refractivity contribution in [3.8, 4) is 16.9 Å². The number of aryl methyl sites for hydroxylation is 1. The molecule has 6 heteroatoms. The van der Waals surface area contributed by atoms with E-state index >= 15 is 0 Å². The van der Waals surface area contributed by atoms with Gasteiger partial charge in [-0.1, -0.05) is 0 Å². The Bertz CT molecular complexity index is 902. The van der Waals surface area contributed by atoms with E-state index in [1.165, 1.54) is 30.3 Å². The van der Waals surface area contributed by atoms with Crippen LogP contribution in [0.3, 0.4) is 0 Å². The fraction of sp³-hybridized carbons (Fsp3) is 0.111. The van der Waals surface area contributed by atoms with Crippen LogP contribution in [0.1, 0.15) is 11.4 Å².